The summed E-state index contributed by atoms with van der Waals surface area (Å²) in [6.07, 6.45) is 4.55. The van der Waals surface area contributed by atoms with E-state index in [2.05, 4.69) is 20.2 Å². The van der Waals surface area contributed by atoms with E-state index in [9.17, 15) is 8.78 Å². The fourth-order valence-corrected chi connectivity index (χ4v) is 2.27. The van der Waals surface area contributed by atoms with E-state index in [1.165, 1.54) is 18.6 Å². The maximum Gasteiger partial charge on any atom is 0.291 e. The maximum absolute atomic E-state index is 12.0. The Bertz CT molecular complexity index is 434. The van der Waals surface area contributed by atoms with Gasteiger partial charge in [-0.25, -0.2) is 0 Å². The number of hydrogen-bond acceptors (Lipinski definition) is 6. The lowest BCUT2D eigenvalue weighted by molar-refractivity contribution is 0.252. The molecule has 0 aliphatic carbocycles. The van der Waals surface area contributed by atoms with Crippen LogP contribution in [-0.2, 0) is 0 Å². The molecule has 2 aromatic rings. The van der Waals surface area contributed by atoms with Crippen molar-refractivity contribution in [1.82, 2.24) is 20.2 Å². The lowest BCUT2D eigenvalue weighted by atomic mass is 10.5. The zero-order valence-corrected chi connectivity index (χ0v) is 8.80. The van der Waals surface area contributed by atoms with Crippen LogP contribution in [0.3, 0.4) is 0 Å². The molecular formula is C7H4F2N4S2. The third-order valence-corrected chi connectivity index (χ3v) is 3.12. The SMILES string of the molecule is FC(F)Sc1nnc(-c2cnccn2)s1. The topological polar surface area (TPSA) is 51.6 Å². The fourth-order valence-electron chi connectivity index (χ4n) is 0.847. The predicted molar refractivity (Wildman–Crippen MR) is 52.8 cm³/mol. The van der Waals surface area contributed by atoms with E-state index in [4.69, 9.17) is 0 Å². The fraction of sp³-hybridized carbons (Fsp3) is 0.143. The Kier molecular flexibility index (Phi) is 3.17. The first-order chi connectivity index (χ1) is 7.25. The molecule has 78 valence electrons. The first-order valence-corrected chi connectivity index (χ1v) is 5.50. The van der Waals surface area contributed by atoms with Gasteiger partial charge in [0.05, 0.1) is 6.20 Å². The summed E-state index contributed by atoms with van der Waals surface area (Å²) >= 11 is 1.45. The third kappa shape index (κ3) is 2.66. The Labute approximate surface area is 91.8 Å². The molecule has 2 aromatic heterocycles. The number of rotatable bonds is 3. The second-order valence-corrected chi connectivity index (χ2v) is 4.56. The molecule has 0 amide bonds. The summed E-state index contributed by atoms with van der Waals surface area (Å²) in [6.45, 7) is 0. The standard InChI is InChI=1S/C7H4F2N4S2/c8-6(9)15-7-13-12-5(14-7)4-3-10-1-2-11-4/h1-3,6H. The van der Waals surface area contributed by atoms with Gasteiger partial charge >= 0.3 is 0 Å². The molecule has 0 saturated heterocycles. The zero-order chi connectivity index (χ0) is 10.7. The number of alkyl halides is 2. The van der Waals surface area contributed by atoms with Crippen LogP contribution >= 0.6 is 23.1 Å². The molecule has 0 aliphatic heterocycles. The summed E-state index contributed by atoms with van der Waals surface area (Å²) in [5.41, 5.74) is 0.538. The van der Waals surface area contributed by atoms with Crippen LogP contribution in [0.25, 0.3) is 10.7 Å². The van der Waals surface area contributed by atoms with Crippen LogP contribution in [0.15, 0.2) is 22.9 Å². The van der Waals surface area contributed by atoms with Gasteiger partial charge in [-0.1, -0.05) is 11.3 Å². The second-order valence-electron chi connectivity index (χ2n) is 2.34. The zero-order valence-electron chi connectivity index (χ0n) is 7.17. The molecule has 4 nitrogen and oxygen atoms in total. The van der Waals surface area contributed by atoms with Crippen molar-refractivity contribution < 1.29 is 8.78 Å². The van der Waals surface area contributed by atoms with Gasteiger partial charge in [0.25, 0.3) is 5.76 Å². The molecule has 15 heavy (non-hydrogen) atoms. The summed E-state index contributed by atoms with van der Waals surface area (Å²) in [7, 11) is 0. The van der Waals surface area contributed by atoms with Gasteiger partial charge in [0.2, 0.25) is 0 Å². The number of nitrogens with zero attached hydrogens (tertiary/aromatic N) is 4. The minimum absolute atomic E-state index is 0.227. The monoisotopic (exact) mass is 246 g/mol. The van der Waals surface area contributed by atoms with Crippen molar-refractivity contribution in [2.75, 3.05) is 0 Å². The quantitative estimate of drug-likeness (QED) is 0.778. The average Bonchev–Trinajstić information content (AvgIpc) is 2.67. The molecule has 0 bridgehead atoms. The Morgan fingerprint density at radius 3 is 2.80 bits per heavy atom. The molecule has 0 atom stereocenters. The highest BCUT2D eigenvalue weighted by Gasteiger charge is 2.12. The summed E-state index contributed by atoms with van der Waals surface area (Å²) in [5.74, 6) is -2.48. The average molecular weight is 246 g/mol. The van der Waals surface area contributed by atoms with E-state index in [0.717, 1.165) is 11.3 Å². The number of halogens is 2. The second kappa shape index (κ2) is 4.58. The molecule has 0 radical (unpaired) electrons. The van der Waals surface area contributed by atoms with E-state index in [0.29, 0.717) is 22.5 Å². The van der Waals surface area contributed by atoms with Gasteiger partial charge in [0.1, 0.15) is 5.69 Å². The van der Waals surface area contributed by atoms with Crippen molar-refractivity contribution in [3.8, 4) is 10.7 Å². The van der Waals surface area contributed by atoms with Crippen LogP contribution in [0.5, 0.6) is 0 Å². The van der Waals surface area contributed by atoms with Gasteiger partial charge in [-0.05, 0) is 11.8 Å². The molecule has 0 fully saturated rings. The summed E-state index contributed by atoms with van der Waals surface area (Å²) in [5, 5.41) is 7.86. The van der Waals surface area contributed by atoms with Crippen LogP contribution < -0.4 is 0 Å². The maximum atomic E-state index is 12.0. The van der Waals surface area contributed by atoms with Crippen molar-refractivity contribution >= 4 is 23.1 Å². The Hall–Kier alpha value is -1.15. The molecular weight excluding hydrogens is 242 g/mol. The van der Waals surface area contributed by atoms with E-state index in [-0.39, 0.29) is 4.34 Å². The van der Waals surface area contributed by atoms with Crippen LogP contribution in [0.2, 0.25) is 0 Å². The first-order valence-electron chi connectivity index (χ1n) is 3.80. The van der Waals surface area contributed by atoms with Gasteiger partial charge in [-0.2, -0.15) is 8.78 Å². The van der Waals surface area contributed by atoms with Gasteiger partial charge in [0.15, 0.2) is 9.35 Å². The summed E-state index contributed by atoms with van der Waals surface area (Å²) in [4.78, 5) is 7.84. The van der Waals surface area contributed by atoms with Crippen LogP contribution in [0.1, 0.15) is 0 Å². The molecule has 8 heteroatoms. The highest BCUT2D eigenvalue weighted by Crippen LogP contribution is 2.31. The van der Waals surface area contributed by atoms with E-state index < -0.39 is 5.76 Å². The molecule has 0 aliphatic rings. The van der Waals surface area contributed by atoms with Crippen molar-refractivity contribution in [2.45, 2.75) is 10.1 Å². The highest BCUT2D eigenvalue weighted by atomic mass is 32.2. The van der Waals surface area contributed by atoms with Crippen molar-refractivity contribution in [3.63, 3.8) is 0 Å². The Morgan fingerprint density at radius 2 is 2.13 bits per heavy atom. The van der Waals surface area contributed by atoms with Crippen molar-refractivity contribution in [2.24, 2.45) is 0 Å². The Morgan fingerprint density at radius 1 is 1.27 bits per heavy atom. The lowest BCUT2D eigenvalue weighted by Crippen LogP contribution is -1.82. The summed E-state index contributed by atoms with van der Waals surface area (Å²) in [6, 6.07) is 0. The number of thioether (sulfide) groups is 1. The van der Waals surface area contributed by atoms with Crippen LogP contribution in [-0.4, -0.2) is 25.9 Å². The predicted octanol–water partition coefficient (Wildman–Crippen LogP) is 2.31. The number of aromatic nitrogens is 4. The lowest BCUT2D eigenvalue weighted by Gasteiger charge is -1.91. The Balaban J connectivity index is 2.21. The van der Waals surface area contributed by atoms with E-state index in [1.807, 2.05) is 0 Å². The molecule has 0 N–H and O–H groups in total. The molecule has 2 heterocycles. The normalized spacial score (nSPS) is 10.9. The third-order valence-electron chi connectivity index (χ3n) is 1.38. The van der Waals surface area contributed by atoms with Crippen molar-refractivity contribution in [1.29, 1.82) is 0 Å². The molecule has 0 aromatic carbocycles. The van der Waals surface area contributed by atoms with Gasteiger partial charge in [-0.3, -0.25) is 9.97 Å². The van der Waals surface area contributed by atoms with Crippen LogP contribution in [0, 0.1) is 0 Å². The number of hydrogen-bond donors (Lipinski definition) is 0. The van der Waals surface area contributed by atoms with Crippen LogP contribution in [0.4, 0.5) is 8.78 Å². The van der Waals surface area contributed by atoms with Gasteiger partial charge < -0.3 is 0 Å². The van der Waals surface area contributed by atoms with Gasteiger partial charge in [0, 0.05) is 12.4 Å². The van der Waals surface area contributed by atoms with E-state index >= 15 is 0 Å². The molecule has 0 saturated carbocycles. The largest absolute Gasteiger partial charge is 0.291 e. The minimum Gasteiger partial charge on any atom is -0.261 e. The summed E-state index contributed by atoms with van der Waals surface area (Å²) < 4.78 is 24.2. The highest BCUT2D eigenvalue weighted by molar-refractivity contribution is 8.01. The van der Waals surface area contributed by atoms with Gasteiger partial charge in [-0.15, -0.1) is 10.2 Å². The van der Waals surface area contributed by atoms with Crippen molar-refractivity contribution in [3.05, 3.63) is 18.6 Å². The first kappa shape index (κ1) is 10.4. The smallest absolute Gasteiger partial charge is 0.261 e. The molecule has 2 rings (SSSR count). The minimum atomic E-state index is -2.48. The van der Waals surface area contributed by atoms with E-state index in [1.54, 1.807) is 0 Å². The molecule has 0 spiro atoms. The molecule has 0 unspecified atom stereocenters.